The third-order valence-corrected chi connectivity index (χ3v) is 4.09. The van der Waals surface area contributed by atoms with Crippen LogP contribution in [0.25, 0.3) is 0 Å². The molecule has 0 heterocycles. The average Bonchev–Trinajstić information content (AvgIpc) is 2.38. The SMILES string of the molecule is CCC(CO)NC(=S)NC(=O)c1ccc(C)c(I)c1. The topological polar surface area (TPSA) is 61.4 Å². The maximum absolute atomic E-state index is 12.0. The number of aliphatic hydroxyl groups excluding tert-OH is 1. The first-order chi connectivity index (χ1) is 8.97. The fourth-order valence-electron chi connectivity index (χ4n) is 1.41. The predicted octanol–water partition coefficient (Wildman–Crippen LogP) is 1.97. The van der Waals surface area contributed by atoms with E-state index < -0.39 is 0 Å². The van der Waals surface area contributed by atoms with Crippen LogP contribution in [0.5, 0.6) is 0 Å². The number of aryl methyl sites for hydroxylation is 1. The predicted molar refractivity (Wildman–Crippen MR) is 88.3 cm³/mol. The first kappa shape index (κ1) is 16.3. The third kappa shape index (κ3) is 5.04. The van der Waals surface area contributed by atoms with Crippen LogP contribution in [0, 0.1) is 10.5 Å². The standard InChI is InChI=1S/C13H17IN2O2S/c1-3-10(7-17)15-13(19)16-12(18)9-5-4-8(2)11(14)6-9/h4-6,10,17H,3,7H2,1-2H3,(H2,15,16,18,19). The van der Waals surface area contributed by atoms with Gasteiger partial charge < -0.3 is 10.4 Å². The van der Waals surface area contributed by atoms with Crippen molar-refractivity contribution in [3.05, 3.63) is 32.9 Å². The zero-order chi connectivity index (χ0) is 14.4. The van der Waals surface area contributed by atoms with Crippen molar-refractivity contribution >= 4 is 45.8 Å². The molecule has 104 valence electrons. The number of nitrogens with one attached hydrogen (secondary N) is 2. The van der Waals surface area contributed by atoms with Crippen LogP contribution in [-0.2, 0) is 0 Å². The van der Waals surface area contributed by atoms with Gasteiger partial charge >= 0.3 is 0 Å². The van der Waals surface area contributed by atoms with E-state index in [0.29, 0.717) is 5.56 Å². The molecule has 0 aliphatic heterocycles. The van der Waals surface area contributed by atoms with Gasteiger partial charge in [0, 0.05) is 9.13 Å². The number of rotatable bonds is 4. The molecule has 1 aromatic carbocycles. The molecule has 1 unspecified atom stereocenters. The van der Waals surface area contributed by atoms with Gasteiger partial charge in [0.2, 0.25) is 0 Å². The van der Waals surface area contributed by atoms with Crippen LogP contribution in [0.15, 0.2) is 18.2 Å². The first-order valence-electron chi connectivity index (χ1n) is 5.96. The van der Waals surface area contributed by atoms with Crippen LogP contribution in [0.1, 0.15) is 29.3 Å². The van der Waals surface area contributed by atoms with Gasteiger partial charge in [-0.05, 0) is 65.8 Å². The third-order valence-electron chi connectivity index (χ3n) is 2.71. The van der Waals surface area contributed by atoms with Crippen molar-refractivity contribution in [1.82, 2.24) is 10.6 Å². The quantitative estimate of drug-likeness (QED) is 0.542. The van der Waals surface area contributed by atoms with E-state index in [1.54, 1.807) is 6.07 Å². The van der Waals surface area contributed by atoms with Crippen molar-refractivity contribution in [2.45, 2.75) is 26.3 Å². The van der Waals surface area contributed by atoms with Crippen LogP contribution in [0.3, 0.4) is 0 Å². The zero-order valence-electron chi connectivity index (χ0n) is 10.9. The Morgan fingerprint density at radius 2 is 2.21 bits per heavy atom. The number of hydrogen-bond acceptors (Lipinski definition) is 3. The van der Waals surface area contributed by atoms with Crippen LogP contribution in [0.4, 0.5) is 0 Å². The average molecular weight is 392 g/mol. The van der Waals surface area contributed by atoms with Crippen LogP contribution < -0.4 is 10.6 Å². The van der Waals surface area contributed by atoms with Gasteiger partial charge in [-0.15, -0.1) is 0 Å². The summed E-state index contributed by atoms with van der Waals surface area (Å²) in [5.41, 5.74) is 1.69. The molecule has 0 fully saturated rings. The largest absolute Gasteiger partial charge is 0.394 e. The minimum atomic E-state index is -0.247. The van der Waals surface area contributed by atoms with Gasteiger partial charge in [0.05, 0.1) is 12.6 Å². The van der Waals surface area contributed by atoms with Crippen molar-refractivity contribution in [2.24, 2.45) is 0 Å². The van der Waals surface area contributed by atoms with Crippen molar-refractivity contribution < 1.29 is 9.90 Å². The van der Waals surface area contributed by atoms with E-state index in [1.807, 2.05) is 26.0 Å². The fraction of sp³-hybridized carbons (Fsp3) is 0.385. The summed E-state index contributed by atoms with van der Waals surface area (Å²) in [6, 6.07) is 5.34. The van der Waals surface area contributed by atoms with Gasteiger partial charge in [0.1, 0.15) is 0 Å². The van der Waals surface area contributed by atoms with E-state index in [2.05, 4.69) is 33.2 Å². The Labute approximate surface area is 132 Å². The summed E-state index contributed by atoms with van der Waals surface area (Å²) in [6.07, 6.45) is 0.731. The number of benzene rings is 1. The maximum atomic E-state index is 12.0. The Bertz CT molecular complexity index is 476. The lowest BCUT2D eigenvalue weighted by Crippen LogP contribution is -2.45. The van der Waals surface area contributed by atoms with E-state index in [0.717, 1.165) is 15.6 Å². The highest BCUT2D eigenvalue weighted by Gasteiger charge is 2.11. The molecule has 0 bridgehead atoms. The Kier molecular flexibility index (Phi) is 6.67. The van der Waals surface area contributed by atoms with Gasteiger partial charge in [0.25, 0.3) is 5.91 Å². The van der Waals surface area contributed by atoms with Gasteiger partial charge in [-0.2, -0.15) is 0 Å². The molecule has 6 heteroatoms. The highest BCUT2D eigenvalue weighted by atomic mass is 127. The van der Waals surface area contributed by atoms with Gasteiger partial charge in [-0.25, -0.2) is 0 Å². The van der Waals surface area contributed by atoms with Crippen LogP contribution in [0.2, 0.25) is 0 Å². The van der Waals surface area contributed by atoms with Crippen LogP contribution in [-0.4, -0.2) is 28.8 Å². The van der Waals surface area contributed by atoms with Crippen molar-refractivity contribution in [3.63, 3.8) is 0 Å². The molecule has 3 N–H and O–H groups in total. The Morgan fingerprint density at radius 1 is 1.53 bits per heavy atom. The molecule has 0 saturated heterocycles. The molecule has 1 aromatic rings. The molecule has 1 atom stereocenters. The number of halogens is 1. The molecule has 0 aliphatic rings. The summed E-state index contributed by atoms with van der Waals surface area (Å²) in [7, 11) is 0. The summed E-state index contributed by atoms with van der Waals surface area (Å²) in [5, 5.41) is 14.8. The molecular weight excluding hydrogens is 375 g/mol. The van der Waals surface area contributed by atoms with Crippen LogP contribution >= 0.6 is 34.8 Å². The summed E-state index contributed by atoms with van der Waals surface area (Å²) in [6.45, 7) is 3.90. The maximum Gasteiger partial charge on any atom is 0.257 e. The molecule has 4 nitrogen and oxygen atoms in total. The van der Waals surface area contributed by atoms with Crippen molar-refractivity contribution in [3.8, 4) is 0 Å². The minimum absolute atomic E-state index is 0.0189. The van der Waals surface area contributed by atoms with Gasteiger partial charge in [-0.3, -0.25) is 10.1 Å². The second-order valence-electron chi connectivity index (χ2n) is 4.18. The fourth-order valence-corrected chi connectivity index (χ4v) is 2.18. The molecule has 1 amide bonds. The first-order valence-corrected chi connectivity index (χ1v) is 7.45. The number of aliphatic hydroxyl groups is 1. The van der Waals surface area contributed by atoms with E-state index in [9.17, 15) is 4.79 Å². The summed E-state index contributed by atoms with van der Waals surface area (Å²) >= 11 is 7.23. The van der Waals surface area contributed by atoms with E-state index in [4.69, 9.17) is 17.3 Å². The molecule has 0 saturated carbocycles. The highest BCUT2D eigenvalue weighted by molar-refractivity contribution is 14.1. The molecule has 0 spiro atoms. The lowest BCUT2D eigenvalue weighted by molar-refractivity contribution is 0.0976. The van der Waals surface area contributed by atoms with Crippen molar-refractivity contribution in [1.29, 1.82) is 0 Å². The molecule has 0 radical (unpaired) electrons. The smallest absolute Gasteiger partial charge is 0.257 e. The minimum Gasteiger partial charge on any atom is -0.394 e. The molecule has 0 aliphatic carbocycles. The van der Waals surface area contributed by atoms with E-state index in [1.165, 1.54) is 0 Å². The van der Waals surface area contributed by atoms with Crippen molar-refractivity contribution in [2.75, 3.05) is 6.61 Å². The summed E-state index contributed by atoms with van der Waals surface area (Å²) < 4.78 is 1.03. The number of thiocarbonyl (C=S) groups is 1. The summed E-state index contributed by atoms with van der Waals surface area (Å²) in [4.78, 5) is 12.0. The van der Waals surface area contributed by atoms with E-state index in [-0.39, 0.29) is 23.7 Å². The Balaban J connectivity index is 2.64. The second kappa shape index (κ2) is 7.76. The second-order valence-corrected chi connectivity index (χ2v) is 5.75. The zero-order valence-corrected chi connectivity index (χ0v) is 13.8. The monoisotopic (exact) mass is 392 g/mol. The van der Waals surface area contributed by atoms with Gasteiger partial charge in [0.15, 0.2) is 5.11 Å². The molecular formula is C13H17IN2O2S. The number of carbonyl (C=O) groups excluding carboxylic acids is 1. The lowest BCUT2D eigenvalue weighted by Gasteiger charge is -2.16. The molecule has 1 rings (SSSR count). The number of amides is 1. The highest BCUT2D eigenvalue weighted by Crippen LogP contribution is 2.13. The van der Waals surface area contributed by atoms with Gasteiger partial charge in [-0.1, -0.05) is 13.0 Å². The normalized spacial score (nSPS) is 11.8. The molecule has 19 heavy (non-hydrogen) atoms. The number of carbonyl (C=O) groups is 1. The summed E-state index contributed by atoms with van der Waals surface area (Å²) in [5.74, 6) is -0.247. The number of hydrogen-bond donors (Lipinski definition) is 3. The Morgan fingerprint density at radius 3 is 2.74 bits per heavy atom. The lowest BCUT2D eigenvalue weighted by atomic mass is 10.1. The Hall–Kier alpha value is -0.730. The van der Waals surface area contributed by atoms with E-state index >= 15 is 0 Å². The molecule has 0 aromatic heterocycles.